The molecule has 0 aliphatic rings. The van der Waals surface area contributed by atoms with E-state index in [-0.39, 0.29) is 11.7 Å². The van der Waals surface area contributed by atoms with Crippen LogP contribution >= 0.6 is 23.1 Å². The van der Waals surface area contributed by atoms with Gasteiger partial charge in [0, 0.05) is 23.4 Å². The molecule has 184 valence electrons. The van der Waals surface area contributed by atoms with Crippen LogP contribution in [0.3, 0.4) is 0 Å². The Hall–Kier alpha value is -3.69. The third-order valence-corrected chi connectivity index (χ3v) is 7.42. The number of anilines is 1. The molecule has 0 aliphatic carbocycles. The van der Waals surface area contributed by atoms with Gasteiger partial charge in [-0.3, -0.25) is 4.79 Å². The van der Waals surface area contributed by atoms with Gasteiger partial charge in [0.15, 0.2) is 5.16 Å². The van der Waals surface area contributed by atoms with Gasteiger partial charge in [0.1, 0.15) is 16.4 Å². The molecule has 0 saturated heterocycles. The number of allylic oxidation sites excluding steroid dienone is 1. The maximum absolute atomic E-state index is 12.9. The van der Waals surface area contributed by atoms with Crippen molar-refractivity contribution in [3.63, 3.8) is 0 Å². The summed E-state index contributed by atoms with van der Waals surface area (Å²) in [5.74, 6) is 0.179. The molecule has 36 heavy (non-hydrogen) atoms. The summed E-state index contributed by atoms with van der Waals surface area (Å²) in [5.41, 5.74) is 3.16. The number of esters is 1. The Morgan fingerprint density at radius 3 is 2.47 bits per heavy atom. The van der Waals surface area contributed by atoms with Crippen molar-refractivity contribution in [2.75, 3.05) is 18.2 Å². The first-order chi connectivity index (χ1) is 17.5. The van der Waals surface area contributed by atoms with Crippen molar-refractivity contribution in [2.24, 2.45) is 0 Å². The average molecular weight is 519 g/mol. The van der Waals surface area contributed by atoms with Crippen LogP contribution in [0.2, 0.25) is 0 Å². The fourth-order valence-corrected chi connectivity index (χ4v) is 5.67. The van der Waals surface area contributed by atoms with E-state index in [4.69, 9.17) is 4.74 Å². The smallest absolute Gasteiger partial charge is 0.341 e. The minimum atomic E-state index is -0.488. The highest BCUT2D eigenvalue weighted by molar-refractivity contribution is 7.99. The molecule has 0 bridgehead atoms. The predicted octanol–water partition coefficient (Wildman–Crippen LogP) is 5.61. The van der Waals surface area contributed by atoms with Crippen LogP contribution in [0.25, 0.3) is 11.1 Å². The van der Waals surface area contributed by atoms with E-state index in [1.54, 1.807) is 6.08 Å². The van der Waals surface area contributed by atoms with E-state index in [9.17, 15) is 9.59 Å². The number of carbonyl (C=O) groups excluding carboxylic acids is 2. The first-order valence-corrected chi connectivity index (χ1v) is 13.1. The lowest BCUT2D eigenvalue weighted by Crippen LogP contribution is -2.16. The van der Waals surface area contributed by atoms with E-state index in [1.807, 2.05) is 72.2 Å². The van der Waals surface area contributed by atoms with Gasteiger partial charge < -0.3 is 14.6 Å². The van der Waals surface area contributed by atoms with Crippen LogP contribution in [0.1, 0.15) is 26.6 Å². The lowest BCUT2D eigenvalue weighted by Gasteiger charge is -2.09. The van der Waals surface area contributed by atoms with Gasteiger partial charge in [-0.1, -0.05) is 78.5 Å². The first kappa shape index (κ1) is 25.4. The molecule has 0 unspecified atom stereocenters. The van der Waals surface area contributed by atoms with Crippen molar-refractivity contribution in [3.8, 4) is 11.1 Å². The van der Waals surface area contributed by atoms with Gasteiger partial charge in [0.2, 0.25) is 5.91 Å². The van der Waals surface area contributed by atoms with E-state index < -0.39 is 5.97 Å². The average Bonchev–Trinajstić information content (AvgIpc) is 3.43. The Morgan fingerprint density at radius 1 is 1.11 bits per heavy atom. The number of hydrogen-bond acceptors (Lipinski definition) is 7. The molecule has 7 nitrogen and oxygen atoms in total. The number of thiophene rings is 1. The van der Waals surface area contributed by atoms with Crippen LogP contribution in [-0.2, 0) is 22.5 Å². The van der Waals surface area contributed by atoms with E-state index in [0.717, 1.165) is 27.4 Å². The quantitative estimate of drug-likeness (QED) is 0.167. The van der Waals surface area contributed by atoms with Crippen molar-refractivity contribution in [2.45, 2.75) is 25.0 Å². The number of ether oxygens (including phenoxy) is 1. The van der Waals surface area contributed by atoms with Crippen molar-refractivity contribution in [1.29, 1.82) is 0 Å². The highest BCUT2D eigenvalue weighted by Crippen LogP contribution is 2.40. The second kappa shape index (κ2) is 11.8. The van der Waals surface area contributed by atoms with E-state index in [1.165, 1.54) is 30.2 Å². The SMILES string of the molecule is C=CCn1c(Cc2ccccc2)nnc1SCC(=O)Nc1sc(C)c(-c2ccccc2)c1C(=O)OC. The number of benzene rings is 2. The summed E-state index contributed by atoms with van der Waals surface area (Å²) in [5, 5.41) is 12.7. The van der Waals surface area contributed by atoms with Gasteiger partial charge in [-0.2, -0.15) is 0 Å². The zero-order chi connectivity index (χ0) is 25.5. The number of carbonyl (C=O) groups is 2. The number of methoxy groups -OCH3 is 1. The monoisotopic (exact) mass is 518 g/mol. The molecule has 0 saturated carbocycles. The normalized spacial score (nSPS) is 10.7. The molecule has 0 radical (unpaired) electrons. The second-order valence-corrected chi connectivity index (χ2v) is 10.1. The molecule has 4 rings (SSSR count). The van der Waals surface area contributed by atoms with Crippen LogP contribution in [0.5, 0.6) is 0 Å². The fourth-order valence-electron chi connectivity index (χ4n) is 3.82. The Labute approximate surface area is 218 Å². The van der Waals surface area contributed by atoms with Gasteiger partial charge in [-0.05, 0) is 18.1 Å². The summed E-state index contributed by atoms with van der Waals surface area (Å²) in [6.45, 7) is 6.30. The van der Waals surface area contributed by atoms with Gasteiger partial charge in [-0.15, -0.1) is 28.1 Å². The number of nitrogens with one attached hydrogen (secondary N) is 1. The molecule has 9 heteroatoms. The molecule has 2 heterocycles. The van der Waals surface area contributed by atoms with Crippen LogP contribution in [0.4, 0.5) is 5.00 Å². The maximum atomic E-state index is 12.9. The lowest BCUT2D eigenvalue weighted by atomic mass is 10.0. The zero-order valence-electron chi connectivity index (χ0n) is 20.1. The number of hydrogen-bond donors (Lipinski definition) is 1. The summed E-state index contributed by atoms with van der Waals surface area (Å²) in [6, 6.07) is 19.6. The maximum Gasteiger partial charge on any atom is 0.341 e. The zero-order valence-corrected chi connectivity index (χ0v) is 21.7. The number of rotatable bonds is 10. The van der Waals surface area contributed by atoms with Crippen LogP contribution in [0.15, 0.2) is 78.5 Å². The van der Waals surface area contributed by atoms with Crippen LogP contribution in [-0.4, -0.2) is 39.5 Å². The minimum Gasteiger partial charge on any atom is -0.465 e. The van der Waals surface area contributed by atoms with Gasteiger partial charge in [0.25, 0.3) is 0 Å². The van der Waals surface area contributed by atoms with E-state index in [0.29, 0.717) is 28.7 Å². The number of thioether (sulfide) groups is 1. The summed E-state index contributed by atoms with van der Waals surface area (Å²) >= 11 is 2.65. The molecule has 0 atom stereocenters. The van der Waals surface area contributed by atoms with Crippen molar-refractivity contribution < 1.29 is 14.3 Å². The molecule has 1 amide bonds. The summed E-state index contributed by atoms with van der Waals surface area (Å²) in [4.78, 5) is 26.5. The summed E-state index contributed by atoms with van der Waals surface area (Å²) in [6.07, 6.45) is 2.41. The highest BCUT2D eigenvalue weighted by atomic mass is 32.2. The molecule has 2 aromatic heterocycles. The Morgan fingerprint density at radius 2 is 1.81 bits per heavy atom. The highest BCUT2D eigenvalue weighted by Gasteiger charge is 2.25. The molecule has 4 aromatic rings. The molecular formula is C27H26N4O3S2. The largest absolute Gasteiger partial charge is 0.465 e. The lowest BCUT2D eigenvalue weighted by molar-refractivity contribution is -0.113. The van der Waals surface area contributed by atoms with Crippen LogP contribution in [0, 0.1) is 6.92 Å². The Bertz CT molecular complexity index is 1360. The van der Waals surface area contributed by atoms with Crippen molar-refractivity contribution in [3.05, 3.63) is 95.1 Å². The molecule has 0 aliphatic heterocycles. The third-order valence-electron chi connectivity index (χ3n) is 5.43. The van der Waals surface area contributed by atoms with Gasteiger partial charge in [-0.25, -0.2) is 4.79 Å². The summed E-state index contributed by atoms with van der Waals surface area (Å²) in [7, 11) is 1.34. The molecular weight excluding hydrogens is 492 g/mol. The summed E-state index contributed by atoms with van der Waals surface area (Å²) < 4.78 is 7.00. The number of amides is 1. The topological polar surface area (TPSA) is 86.1 Å². The predicted molar refractivity (Wildman–Crippen MR) is 145 cm³/mol. The molecule has 1 N–H and O–H groups in total. The van der Waals surface area contributed by atoms with Crippen molar-refractivity contribution in [1.82, 2.24) is 14.8 Å². The number of aromatic nitrogens is 3. The number of nitrogens with zero attached hydrogens (tertiary/aromatic N) is 3. The first-order valence-electron chi connectivity index (χ1n) is 11.3. The second-order valence-electron chi connectivity index (χ2n) is 7.89. The Balaban J connectivity index is 1.51. The molecule has 0 spiro atoms. The number of aryl methyl sites for hydroxylation is 1. The van der Waals surface area contributed by atoms with E-state index >= 15 is 0 Å². The molecule has 2 aromatic carbocycles. The standard InChI is InChI=1S/C27H26N4O3S2/c1-4-15-31-21(16-19-11-7-5-8-12-19)29-30-27(31)35-17-22(32)28-25-24(26(33)34-3)23(18(2)36-25)20-13-9-6-10-14-20/h4-14H,1,15-17H2,2-3H3,(H,28,32). The minimum absolute atomic E-state index is 0.110. The van der Waals surface area contributed by atoms with E-state index in [2.05, 4.69) is 22.1 Å². The van der Waals surface area contributed by atoms with Crippen LogP contribution < -0.4 is 5.32 Å². The fraction of sp³-hybridized carbons (Fsp3) is 0.185. The van der Waals surface area contributed by atoms with Gasteiger partial charge in [0.05, 0.1) is 12.9 Å². The van der Waals surface area contributed by atoms with Crippen molar-refractivity contribution >= 4 is 40.0 Å². The third kappa shape index (κ3) is 5.75. The molecule has 0 fully saturated rings. The van der Waals surface area contributed by atoms with Gasteiger partial charge >= 0.3 is 5.97 Å². The Kier molecular flexibility index (Phi) is 8.35.